The number of hydrogen-bond acceptors (Lipinski definition) is 6. The number of phenols is 1. The molecule has 0 unspecified atom stereocenters. The Kier molecular flexibility index (Phi) is 6.94. The Morgan fingerprint density at radius 3 is 2.70 bits per heavy atom. The van der Waals surface area contributed by atoms with E-state index in [0.29, 0.717) is 19.0 Å². The normalized spacial score (nSPS) is 19.5. The summed E-state index contributed by atoms with van der Waals surface area (Å²) in [5, 5.41) is 16.6. The number of aromatic hydroxyl groups is 1. The summed E-state index contributed by atoms with van der Waals surface area (Å²) in [5.41, 5.74) is 0.779. The fourth-order valence-electron chi connectivity index (χ4n) is 2.92. The van der Waals surface area contributed by atoms with Gasteiger partial charge in [-0.1, -0.05) is 12.1 Å². The van der Waals surface area contributed by atoms with E-state index >= 15 is 0 Å². The SMILES string of the molecule is CN(C)S(=O)(=O)C[C@@H]1COC[C@H]1n1ccnc1-c1cccc(O)c1.O=CO. The summed E-state index contributed by atoms with van der Waals surface area (Å²) in [6, 6.07) is 6.74. The molecule has 9 nitrogen and oxygen atoms in total. The summed E-state index contributed by atoms with van der Waals surface area (Å²) in [4.78, 5) is 12.7. The van der Waals surface area contributed by atoms with Gasteiger partial charge >= 0.3 is 0 Å². The molecule has 1 aliphatic rings. The lowest BCUT2D eigenvalue weighted by molar-refractivity contribution is -0.122. The van der Waals surface area contributed by atoms with Crippen LogP contribution in [0.2, 0.25) is 0 Å². The van der Waals surface area contributed by atoms with Crippen molar-refractivity contribution in [1.82, 2.24) is 13.9 Å². The molecule has 27 heavy (non-hydrogen) atoms. The summed E-state index contributed by atoms with van der Waals surface area (Å²) >= 11 is 0. The molecule has 1 fully saturated rings. The molecule has 148 valence electrons. The molecule has 0 spiro atoms. The van der Waals surface area contributed by atoms with Gasteiger partial charge in [0.15, 0.2) is 0 Å². The maximum absolute atomic E-state index is 12.2. The van der Waals surface area contributed by atoms with Crippen LogP contribution in [0.3, 0.4) is 0 Å². The van der Waals surface area contributed by atoms with Crippen LogP contribution in [0.5, 0.6) is 5.75 Å². The predicted octanol–water partition coefficient (Wildman–Crippen LogP) is 1.04. The quantitative estimate of drug-likeness (QED) is 0.723. The maximum atomic E-state index is 12.2. The molecule has 10 heteroatoms. The van der Waals surface area contributed by atoms with Crippen molar-refractivity contribution in [2.75, 3.05) is 33.1 Å². The zero-order valence-corrected chi connectivity index (χ0v) is 15.9. The Labute approximate surface area is 157 Å². The average Bonchev–Trinajstić information content (AvgIpc) is 3.23. The fraction of sp³-hybridized carbons (Fsp3) is 0.412. The number of rotatable bonds is 5. The number of carboxylic acid groups (broad SMARTS) is 1. The van der Waals surface area contributed by atoms with E-state index in [1.54, 1.807) is 24.4 Å². The number of nitrogens with zero attached hydrogens (tertiary/aromatic N) is 3. The number of carbonyl (C=O) groups is 1. The Morgan fingerprint density at radius 1 is 1.37 bits per heavy atom. The van der Waals surface area contributed by atoms with Crippen molar-refractivity contribution >= 4 is 16.5 Å². The summed E-state index contributed by atoms with van der Waals surface area (Å²) in [7, 11) is -0.236. The highest BCUT2D eigenvalue weighted by atomic mass is 32.2. The van der Waals surface area contributed by atoms with Crippen LogP contribution in [-0.4, -0.2) is 72.0 Å². The fourth-order valence-corrected chi connectivity index (χ4v) is 4.08. The van der Waals surface area contributed by atoms with E-state index in [-0.39, 0.29) is 29.9 Å². The molecule has 0 aliphatic carbocycles. The largest absolute Gasteiger partial charge is 0.508 e. The van der Waals surface area contributed by atoms with Gasteiger partial charge in [0, 0.05) is 38.0 Å². The van der Waals surface area contributed by atoms with Crippen LogP contribution in [0, 0.1) is 5.92 Å². The van der Waals surface area contributed by atoms with Crippen LogP contribution in [0.1, 0.15) is 6.04 Å². The Bertz CT molecular complexity index is 865. The molecule has 0 bridgehead atoms. The third-order valence-corrected chi connectivity index (χ3v) is 6.24. The number of benzene rings is 1. The third kappa shape index (κ3) is 5.06. The second-order valence-electron chi connectivity index (χ2n) is 6.24. The topological polar surface area (TPSA) is 122 Å². The van der Waals surface area contributed by atoms with Crippen molar-refractivity contribution in [1.29, 1.82) is 0 Å². The number of ether oxygens (including phenoxy) is 1. The smallest absolute Gasteiger partial charge is 0.290 e. The molecular formula is C17H23N3O6S. The first-order chi connectivity index (χ1) is 12.8. The molecule has 0 radical (unpaired) electrons. The lowest BCUT2D eigenvalue weighted by Crippen LogP contribution is -2.32. The molecule has 3 rings (SSSR count). The monoisotopic (exact) mass is 397 g/mol. The van der Waals surface area contributed by atoms with E-state index in [1.165, 1.54) is 18.4 Å². The molecule has 1 aromatic carbocycles. The van der Waals surface area contributed by atoms with E-state index in [2.05, 4.69) is 4.98 Å². The highest BCUT2D eigenvalue weighted by Crippen LogP contribution is 2.32. The number of sulfonamides is 1. The lowest BCUT2D eigenvalue weighted by Gasteiger charge is -2.22. The second-order valence-corrected chi connectivity index (χ2v) is 8.47. The lowest BCUT2D eigenvalue weighted by atomic mass is 10.1. The van der Waals surface area contributed by atoms with E-state index < -0.39 is 10.0 Å². The standard InChI is InChI=1S/C16H21N3O4S.CH2O2/c1-18(2)24(21,22)11-13-9-23-10-15(13)19-7-6-17-16(19)12-4-3-5-14(20)8-12;2-1-3/h3-8,13,15,20H,9-11H2,1-2H3;1H,(H,2,3)/t13-,15+;/m0./s1. The van der Waals surface area contributed by atoms with Gasteiger partial charge in [-0.05, 0) is 12.1 Å². The minimum Gasteiger partial charge on any atom is -0.508 e. The summed E-state index contributed by atoms with van der Waals surface area (Å²) in [6.45, 7) is 0.588. The molecule has 1 saturated heterocycles. The van der Waals surface area contributed by atoms with E-state index in [9.17, 15) is 13.5 Å². The summed E-state index contributed by atoms with van der Waals surface area (Å²) in [6.07, 6.45) is 3.50. The molecule has 1 aromatic heterocycles. The van der Waals surface area contributed by atoms with Gasteiger partial charge < -0.3 is 19.5 Å². The van der Waals surface area contributed by atoms with Crippen molar-refractivity contribution in [3.05, 3.63) is 36.7 Å². The van der Waals surface area contributed by atoms with Gasteiger partial charge in [0.2, 0.25) is 10.0 Å². The van der Waals surface area contributed by atoms with Crippen LogP contribution in [0.15, 0.2) is 36.7 Å². The first kappa shape index (κ1) is 20.9. The first-order valence-electron chi connectivity index (χ1n) is 8.18. The zero-order chi connectivity index (χ0) is 20.0. The third-order valence-electron chi connectivity index (χ3n) is 4.28. The van der Waals surface area contributed by atoms with Gasteiger partial charge in [0.05, 0.1) is 25.0 Å². The Hall–Kier alpha value is -2.43. The molecule has 0 saturated carbocycles. The van der Waals surface area contributed by atoms with Gasteiger partial charge in [0.1, 0.15) is 11.6 Å². The van der Waals surface area contributed by atoms with E-state index in [1.807, 2.05) is 16.8 Å². The Morgan fingerprint density at radius 2 is 2.07 bits per heavy atom. The highest BCUT2D eigenvalue weighted by molar-refractivity contribution is 7.89. The van der Waals surface area contributed by atoms with Gasteiger partial charge in [-0.15, -0.1) is 0 Å². The molecular weight excluding hydrogens is 374 g/mol. The second kappa shape index (κ2) is 8.98. The van der Waals surface area contributed by atoms with Crippen molar-refractivity contribution in [3.8, 4) is 17.1 Å². The van der Waals surface area contributed by atoms with Gasteiger partial charge in [-0.25, -0.2) is 17.7 Å². The molecule has 2 atom stereocenters. The molecule has 2 N–H and O–H groups in total. The van der Waals surface area contributed by atoms with Crippen LogP contribution >= 0.6 is 0 Å². The number of aromatic nitrogens is 2. The number of imidazole rings is 1. The molecule has 2 aromatic rings. The van der Waals surface area contributed by atoms with Crippen molar-refractivity contribution in [3.63, 3.8) is 0 Å². The minimum atomic E-state index is -3.31. The average molecular weight is 397 g/mol. The molecule has 0 amide bonds. The van der Waals surface area contributed by atoms with E-state index in [4.69, 9.17) is 14.6 Å². The summed E-state index contributed by atoms with van der Waals surface area (Å²) in [5.74, 6) is 0.732. The minimum absolute atomic E-state index is 0.0301. The van der Waals surface area contributed by atoms with Gasteiger partial charge in [-0.2, -0.15) is 0 Å². The van der Waals surface area contributed by atoms with Crippen LogP contribution in [0.4, 0.5) is 0 Å². The zero-order valence-electron chi connectivity index (χ0n) is 15.1. The maximum Gasteiger partial charge on any atom is 0.290 e. The molecule has 1 aliphatic heterocycles. The van der Waals surface area contributed by atoms with Gasteiger partial charge in [-0.3, -0.25) is 4.79 Å². The van der Waals surface area contributed by atoms with Crippen LogP contribution in [0.25, 0.3) is 11.4 Å². The highest BCUT2D eigenvalue weighted by Gasteiger charge is 2.35. The first-order valence-corrected chi connectivity index (χ1v) is 9.79. The summed E-state index contributed by atoms with van der Waals surface area (Å²) < 4.78 is 33.2. The predicted molar refractivity (Wildman–Crippen MR) is 98.8 cm³/mol. The van der Waals surface area contributed by atoms with Crippen LogP contribution < -0.4 is 0 Å². The Balaban J connectivity index is 0.000000817. The van der Waals surface area contributed by atoms with Gasteiger partial charge in [0.25, 0.3) is 6.47 Å². The van der Waals surface area contributed by atoms with E-state index in [0.717, 1.165) is 5.56 Å². The molecule has 2 heterocycles. The van der Waals surface area contributed by atoms with Crippen molar-refractivity contribution in [2.45, 2.75) is 6.04 Å². The van der Waals surface area contributed by atoms with Crippen molar-refractivity contribution < 1.29 is 28.2 Å². The van der Waals surface area contributed by atoms with Crippen molar-refractivity contribution in [2.24, 2.45) is 5.92 Å². The van der Waals surface area contributed by atoms with Crippen LogP contribution in [-0.2, 0) is 19.6 Å². The number of phenolic OH excluding ortho intramolecular Hbond substituents is 1. The number of hydrogen-bond donors (Lipinski definition) is 2.